The molecule has 0 bridgehead atoms. The van der Waals surface area contributed by atoms with Crippen molar-refractivity contribution in [2.24, 2.45) is 11.8 Å². The Labute approximate surface area is 187 Å². The zero-order valence-electron chi connectivity index (χ0n) is 18.3. The van der Waals surface area contributed by atoms with Crippen LogP contribution in [-0.2, 0) is 19.2 Å². The molecule has 2 aliphatic heterocycles. The maximum absolute atomic E-state index is 14.9. The number of benzene rings is 1. The molecule has 2 atom stereocenters. The molecule has 2 unspecified atom stereocenters. The van der Waals surface area contributed by atoms with Crippen LogP contribution in [0.4, 0.5) is 10.1 Å². The molecule has 3 aliphatic rings. The minimum absolute atomic E-state index is 0.0239. The van der Waals surface area contributed by atoms with E-state index in [4.69, 9.17) is 9.57 Å². The van der Waals surface area contributed by atoms with Gasteiger partial charge in [-0.3, -0.25) is 9.59 Å². The first-order chi connectivity index (χ1) is 15.5. The second-order valence-corrected chi connectivity index (χ2v) is 8.57. The lowest BCUT2D eigenvalue weighted by Gasteiger charge is -2.33. The summed E-state index contributed by atoms with van der Waals surface area (Å²) in [6.07, 6.45) is 4.66. The maximum atomic E-state index is 14.9. The average Bonchev–Trinajstić information content (AvgIpc) is 3.17. The third-order valence-electron chi connectivity index (χ3n) is 6.57. The fourth-order valence-electron chi connectivity index (χ4n) is 4.98. The standard InChI is InChI=1S/C23H30FN3O5/c1-2-25-21(28)19-20(15-6-4-3-5-7-15)27(32-23(19)30)22(29)16-8-9-18(17(24)14-16)26-10-12-31-13-11-26/h8-9,14-15,19-20H,2-7,10-13H2,1H3,(H,25,28). The first kappa shape index (κ1) is 22.5. The van der Waals surface area contributed by atoms with Crippen LogP contribution in [0, 0.1) is 17.7 Å². The van der Waals surface area contributed by atoms with Gasteiger partial charge in [0.15, 0.2) is 5.92 Å². The van der Waals surface area contributed by atoms with E-state index in [1.807, 2.05) is 4.90 Å². The highest BCUT2D eigenvalue weighted by molar-refractivity contribution is 6.03. The van der Waals surface area contributed by atoms with Gasteiger partial charge in [-0.25, -0.2) is 9.18 Å². The molecular weight excluding hydrogens is 417 g/mol. The molecule has 2 amide bonds. The molecule has 2 saturated heterocycles. The van der Waals surface area contributed by atoms with Crippen LogP contribution < -0.4 is 10.2 Å². The zero-order chi connectivity index (χ0) is 22.7. The molecule has 8 nitrogen and oxygen atoms in total. The number of hydroxylamine groups is 2. The van der Waals surface area contributed by atoms with E-state index >= 15 is 0 Å². The Morgan fingerprint density at radius 1 is 1.16 bits per heavy atom. The zero-order valence-corrected chi connectivity index (χ0v) is 18.3. The minimum atomic E-state index is -1.07. The van der Waals surface area contributed by atoms with Crippen LogP contribution in [0.25, 0.3) is 0 Å². The number of carbonyl (C=O) groups is 3. The number of ether oxygens (including phenoxy) is 1. The van der Waals surface area contributed by atoms with Crippen molar-refractivity contribution >= 4 is 23.5 Å². The Hall–Kier alpha value is -2.68. The Kier molecular flexibility index (Phi) is 6.93. The number of carbonyl (C=O) groups excluding carboxylic acids is 3. The summed E-state index contributed by atoms with van der Waals surface area (Å²) in [4.78, 5) is 45.9. The van der Waals surface area contributed by atoms with Crippen LogP contribution in [0.1, 0.15) is 49.4 Å². The van der Waals surface area contributed by atoms with Gasteiger partial charge in [-0.05, 0) is 43.9 Å². The van der Waals surface area contributed by atoms with Crippen LogP contribution in [0.15, 0.2) is 18.2 Å². The molecule has 174 valence electrons. The molecule has 1 aromatic rings. The highest BCUT2D eigenvalue weighted by atomic mass is 19.1. The van der Waals surface area contributed by atoms with Crippen molar-refractivity contribution in [2.45, 2.75) is 45.1 Å². The number of nitrogens with zero attached hydrogens (tertiary/aromatic N) is 2. The summed E-state index contributed by atoms with van der Waals surface area (Å²) in [5.74, 6) is -3.38. The van der Waals surface area contributed by atoms with E-state index in [1.54, 1.807) is 19.1 Å². The summed E-state index contributed by atoms with van der Waals surface area (Å²) in [5.41, 5.74) is 0.497. The fraction of sp³-hybridized carbons (Fsp3) is 0.609. The summed E-state index contributed by atoms with van der Waals surface area (Å²) in [7, 11) is 0. The highest BCUT2D eigenvalue weighted by Crippen LogP contribution is 2.38. The van der Waals surface area contributed by atoms with Crippen molar-refractivity contribution in [1.82, 2.24) is 10.4 Å². The van der Waals surface area contributed by atoms with Crippen LogP contribution in [0.2, 0.25) is 0 Å². The summed E-state index contributed by atoms with van der Waals surface area (Å²) < 4.78 is 20.2. The summed E-state index contributed by atoms with van der Waals surface area (Å²) in [6, 6.07) is 3.60. The number of nitrogens with one attached hydrogen (secondary N) is 1. The van der Waals surface area contributed by atoms with Crippen molar-refractivity contribution in [1.29, 1.82) is 0 Å². The molecule has 1 N–H and O–H groups in total. The monoisotopic (exact) mass is 447 g/mol. The largest absolute Gasteiger partial charge is 0.378 e. The van der Waals surface area contributed by atoms with Crippen LogP contribution in [0.3, 0.4) is 0 Å². The predicted octanol–water partition coefficient (Wildman–Crippen LogP) is 2.28. The molecule has 32 heavy (non-hydrogen) atoms. The fourth-order valence-corrected chi connectivity index (χ4v) is 4.98. The minimum Gasteiger partial charge on any atom is -0.378 e. The third kappa shape index (κ3) is 4.44. The van der Waals surface area contributed by atoms with Crippen LogP contribution in [0.5, 0.6) is 0 Å². The van der Waals surface area contributed by atoms with E-state index in [1.165, 1.54) is 6.07 Å². The second kappa shape index (κ2) is 9.85. The average molecular weight is 448 g/mol. The van der Waals surface area contributed by atoms with Crippen molar-refractivity contribution < 1.29 is 28.3 Å². The molecule has 0 radical (unpaired) electrons. The summed E-state index contributed by atoms with van der Waals surface area (Å²) in [5, 5.41) is 3.71. The smallest absolute Gasteiger partial charge is 0.347 e. The van der Waals surface area contributed by atoms with Gasteiger partial charge in [0.05, 0.1) is 24.9 Å². The van der Waals surface area contributed by atoms with Crippen molar-refractivity contribution in [3.8, 4) is 0 Å². The number of halogens is 1. The van der Waals surface area contributed by atoms with E-state index in [0.717, 1.165) is 37.2 Å². The van der Waals surface area contributed by atoms with E-state index in [9.17, 15) is 18.8 Å². The van der Waals surface area contributed by atoms with E-state index in [-0.39, 0.29) is 11.5 Å². The first-order valence-electron chi connectivity index (χ1n) is 11.5. The molecule has 3 fully saturated rings. The molecule has 9 heteroatoms. The van der Waals surface area contributed by atoms with Gasteiger partial charge in [-0.1, -0.05) is 19.3 Å². The van der Waals surface area contributed by atoms with Gasteiger partial charge in [-0.15, -0.1) is 0 Å². The molecule has 4 rings (SSSR count). The van der Waals surface area contributed by atoms with Gasteiger partial charge in [0.1, 0.15) is 5.82 Å². The quantitative estimate of drug-likeness (QED) is 0.697. The molecule has 0 aromatic heterocycles. The second-order valence-electron chi connectivity index (χ2n) is 8.57. The highest BCUT2D eigenvalue weighted by Gasteiger charge is 2.53. The Morgan fingerprint density at radius 3 is 2.53 bits per heavy atom. The number of amides is 2. The van der Waals surface area contributed by atoms with Gasteiger partial charge >= 0.3 is 5.97 Å². The van der Waals surface area contributed by atoms with Gasteiger partial charge in [0.2, 0.25) is 5.91 Å². The maximum Gasteiger partial charge on any atom is 0.347 e. The third-order valence-corrected chi connectivity index (χ3v) is 6.57. The van der Waals surface area contributed by atoms with Gasteiger partial charge < -0.3 is 19.8 Å². The number of hydrogen-bond donors (Lipinski definition) is 1. The van der Waals surface area contributed by atoms with Gasteiger partial charge in [-0.2, -0.15) is 5.06 Å². The number of rotatable bonds is 5. The number of morpholine rings is 1. The van der Waals surface area contributed by atoms with Crippen molar-refractivity contribution in [3.05, 3.63) is 29.6 Å². The normalized spacial score (nSPS) is 24.4. The lowest BCUT2D eigenvalue weighted by molar-refractivity contribution is -0.166. The summed E-state index contributed by atoms with van der Waals surface area (Å²) in [6.45, 7) is 4.35. The van der Waals surface area contributed by atoms with Crippen molar-refractivity contribution in [3.63, 3.8) is 0 Å². The molecule has 0 spiro atoms. The predicted molar refractivity (Wildman–Crippen MR) is 114 cm³/mol. The van der Waals surface area contributed by atoms with Crippen LogP contribution >= 0.6 is 0 Å². The van der Waals surface area contributed by atoms with Gasteiger partial charge in [0.25, 0.3) is 5.91 Å². The Morgan fingerprint density at radius 2 is 1.88 bits per heavy atom. The Balaban J connectivity index is 1.60. The van der Waals surface area contributed by atoms with Crippen molar-refractivity contribution in [2.75, 3.05) is 37.7 Å². The molecule has 2 heterocycles. The molecule has 1 aliphatic carbocycles. The summed E-state index contributed by atoms with van der Waals surface area (Å²) >= 11 is 0. The number of anilines is 1. The topological polar surface area (TPSA) is 88.2 Å². The van der Waals surface area contributed by atoms with Gasteiger partial charge in [0, 0.05) is 25.2 Å². The Bertz CT molecular complexity index is 867. The van der Waals surface area contributed by atoms with E-state index in [2.05, 4.69) is 5.32 Å². The first-order valence-corrected chi connectivity index (χ1v) is 11.5. The van der Waals surface area contributed by atoms with E-state index in [0.29, 0.717) is 38.5 Å². The number of hydrogen-bond acceptors (Lipinski definition) is 6. The van der Waals surface area contributed by atoms with E-state index < -0.39 is 35.6 Å². The molecular formula is C23H30FN3O5. The molecule has 1 saturated carbocycles. The molecule has 1 aromatic carbocycles. The lowest BCUT2D eigenvalue weighted by Crippen LogP contribution is -2.47. The lowest BCUT2D eigenvalue weighted by atomic mass is 9.78. The SMILES string of the molecule is CCNC(=O)C1C(=O)ON(C(=O)c2ccc(N3CCOCC3)c(F)c2)C1C1CCCCC1. The van der Waals surface area contributed by atoms with Crippen LogP contribution in [-0.4, -0.2) is 61.7 Å².